The van der Waals surface area contributed by atoms with Crippen LogP contribution >= 0.6 is 11.3 Å². The molecule has 1 aromatic heterocycles. The Morgan fingerprint density at radius 2 is 1.84 bits per heavy atom. The Labute approximate surface area is 152 Å². The highest BCUT2D eigenvalue weighted by Crippen LogP contribution is 2.24. The number of nitrogens with zero attached hydrogens (tertiary/aromatic N) is 3. The quantitative estimate of drug-likeness (QED) is 0.654. The Balaban J connectivity index is 1.70. The third-order valence-corrected chi connectivity index (χ3v) is 7.14. The molecule has 6 nitrogen and oxygen atoms in total. The number of guanidine groups is 1. The van der Waals surface area contributed by atoms with Crippen LogP contribution in [0.3, 0.4) is 0 Å². The smallest absolute Gasteiger partial charge is 0.295 e. The molecule has 0 atom stereocenters. The number of benzene rings is 1. The second kappa shape index (κ2) is 7.05. The molecule has 8 heteroatoms. The molecule has 2 heterocycles. The van der Waals surface area contributed by atoms with Gasteiger partial charge in [0.1, 0.15) is 4.21 Å². The molecule has 1 fully saturated rings. The number of thiophene rings is 1. The van der Waals surface area contributed by atoms with Crippen molar-refractivity contribution in [2.24, 2.45) is 10.1 Å². The average molecular weight is 379 g/mol. The van der Waals surface area contributed by atoms with Crippen LogP contribution in [-0.2, 0) is 10.0 Å². The third kappa shape index (κ3) is 3.80. The minimum atomic E-state index is -3.72. The molecule has 1 aliphatic heterocycles. The van der Waals surface area contributed by atoms with Crippen LogP contribution in [0, 0.1) is 13.8 Å². The third-order valence-electron chi connectivity index (χ3n) is 4.48. The minimum Gasteiger partial charge on any atom is -0.369 e. The molecule has 0 spiro atoms. The number of hydrogen-bond acceptors (Lipinski definition) is 4. The summed E-state index contributed by atoms with van der Waals surface area (Å²) in [5.41, 5.74) is 9.73. The standard InChI is InChI=1S/C17H22N4O2S2/c1-13-5-3-6-15(14(13)2)20-8-10-21(11-9-20)17(18)19-25(22,23)16-7-4-12-24-16/h3-7,12H,8-11H2,1-2H3,(H2,18,19). The summed E-state index contributed by atoms with van der Waals surface area (Å²) in [4.78, 5) is 4.13. The van der Waals surface area contributed by atoms with Gasteiger partial charge < -0.3 is 15.5 Å². The second-order valence-electron chi connectivity index (χ2n) is 6.05. The lowest BCUT2D eigenvalue weighted by Gasteiger charge is -2.37. The minimum absolute atomic E-state index is 0.0639. The molecular weight excluding hydrogens is 356 g/mol. The van der Waals surface area contributed by atoms with E-state index in [1.54, 1.807) is 11.4 Å². The Kier molecular flexibility index (Phi) is 5.01. The van der Waals surface area contributed by atoms with E-state index in [0.29, 0.717) is 13.1 Å². The summed E-state index contributed by atoms with van der Waals surface area (Å²) in [6.45, 7) is 7.07. The number of aryl methyl sites for hydroxylation is 1. The van der Waals surface area contributed by atoms with Gasteiger partial charge in [0, 0.05) is 31.9 Å². The molecule has 0 bridgehead atoms. The fourth-order valence-corrected chi connectivity index (χ4v) is 4.81. The van der Waals surface area contributed by atoms with Gasteiger partial charge in [-0.05, 0) is 42.5 Å². The monoisotopic (exact) mass is 378 g/mol. The van der Waals surface area contributed by atoms with Crippen molar-refractivity contribution in [1.82, 2.24) is 4.90 Å². The first-order valence-corrected chi connectivity index (χ1v) is 10.4. The van der Waals surface area contributed by atoms with Gasteiger partial charge in [-0.15, -0.1) is 15.7 Å². The van der Waals surface area contributed by atoms with Gasteiger partial charge >= 0.3 is 0 Å². The fraction of sp³-hybridized carbons (Fsp3) is 0.353. The van der Waals surface area contributed by atoms with Gasteiger partial charge in [-0.1, -0.05) is 18.2 Å². The van der Waals surface area contributed by atoms with E-state index < -0.39 is 10.0 Å². The Hall–Kier alpha value is -2.06. The van der Waals surface area contributed by atoms with Crippen molar-refractivity contribution in [3.63, 3.8) is 0 Å². The van der Waals surface area contributed by atoms with Gasteiger partial charge in [-0.25, -0.2) is 0 Å². The van der Waals surface area contributed by atoms with Crippen LogP contribution in [0.1, 0.15) is 11.1 Å². The zero-order chi connectivity index (χ0) is 18.0. The highest BCUT2D eigenvalue weighted by molar-refractivity contribution is 7.92. The first-order chi connectivity index (χ1) is 11.9. The van der Waals surface area contributed by atoms with E-state index in [9.17, 15) is 8.42 Å². The van der Waals surface area contributed by atoms with Gasteiger partial charge in [-0.3, -0.25) is 0 Å². The SMILES string of the molecule is Cc1cccc(N2CCN(C(N)=NS(=O)(=O)c3cccs3)CC2)c1C. The molecule has 3 rings (SSSR count). The van der Waals surface area contributed by atoms with E-state index in [1.165, 1.54) is 22.9 Å². The van der Waals surface area contributed by atoms with Crippen molar-refractivity contribution in [2.75, 3.05) is 31.1 Å². The van der Waals surface area contributed by atoms with E-state index in [2.05, 4.69) is 41.3 Å². The summed E-state index contributed by atoms with van der Waals surface area (Å²) < 4.78 is 28.4. The Morgan fingerprint density at radius 1 is 1.12 bits per heavy atom. The molecule has 0 amide bonds. The van der Waals surface area contributed by atoms with E-state index >= 15 is 0 Å². The van der Waals surface area contributed by atoms with Crippen LogP contribution in [0.5, 0.6) is 0 Å². The lowest BCUT2D eigenvalue weighted by Crippen LogP contribution is -2.51. The summed E-state index contributed by atoms with van der Waals surface area (Å²) in [6, 6.07) is 9.51. The highest BCUT2D eigenvalue weighted by Gasteiger charge is 2.22. The highest BCUT2D eigenvalue weighted by atomic mass is 32.2. The molecule has 1 aliphatic rings. The van der Waals surface area contributed by atoms with Gasteiger partial charge in [0.05, 0.1) is 0 Å². The summed E-state index contributed by atoms with van der Waals surface area (Å²) >= 11 is 1.14. The lowest BCUT2D eigenvalue weighted by molar-refractivity contribution is 0.382. The fourth-order valence-electron chi connectivity index (χ4n) is 2.89. The topological polar surface area (TPSA) is 79.0 Å². The van der Waals surface area contributed by atoms with Crippen molar-refractivity contribution >= 4 is 33.0 Å². The maximum Gasteiger partial charge on any atom is 0.295 e. The molecule has 134 valence electrons. The van der Waals surface area contributed by atoms with Gasteiger partial charge in [0.2, 0.25) is 5.96 Å². The lowest BCUT2D eigenvalue weighted by atomic mass is 10.1. The zero-order valence-corrected chi connectivity index (χ0v) is 16.0. The summed E-state index contributed by atoms with van der Waals surface area (Å²) in [5, 5.41) is 1.71. The summed E-state index contributed by atoms with van der Waals surface area (Å²) in [7, 11) is -3.72. The second-order valence-corrected chi connectivity index (χ2v) is 8.83. The van der Waals surface area contributed by atoms with Crippen molar-refractivity contribution in [3.8, 4) is 0 Å². The van der Waals surface area contributed by atoms with Gasteiger partial charge in [0.15, 0.2) is 0 Å². The largest absolute Gasteiger partial charge is 0.369 e. The predicted molar refractivity (Wildman–Crippen MR) is 103 cm³/mol. The molecule has 2 N–H and O–H groups in total. The van der Waals surface area contributed by atoms with Crippen LogP contribution in [0.15, 0.2) is 44.3 Å². The average Bonchev–Trinajstić information content (AvgIpc) is 3.13. The zero-order valence-electron chi connectivity index (χ0n) is 14.3. The summed E-state index contributed by atoms with van der Waals surface area (Å²) in [6.07, 6.45) is 0. The van der Waals surface area contributed by atoms with E-state index in [-0.39, 0.29) is 10.2 Å². The number of rotatable bonds is 3. The molecule has 0 aliphatic carbocycles. The first kappa shape index (κ1) is 17.8. The van der Waals surface area contributed by atoms with Crippen molar-refractivity contribution in [2.45, 2.75) is 18.1 Å². The van der Waals surface area contributed by atoms with Gasteiger partial charge in [-0.2, -0.15) is 8.42 Å². The molecule has 1 saturated heterocycles. The predicted octanol–water partition coefficient (Wildman–Crippen LogP) is 2.19. The van der Waals surface area contributed by atoms with E-state index in [0.717, 1.165) is 24.4 Å². The number of nitrogens with two attached hydrogens (primary N) is 1. The molecule has 25 heavy (non-hydrogen) atoms. The number of hydrogen-bond donors (Lipinski definition) is 1. The van der Waals surface area contributed by atoms with E-state index in [1.807, 2.05) is 4.90 Å². The molecular formula is C17H22N4O2S2. The molecule has 0 saturated carbocycles. The van der Waals surface area contributed by atoms with Crippen molar-refractivity contribution < 1.29 is 8.42 Å². The number of piperazine rings is 1. The van der Waals surface area contributed by atoms with Gasteiger partial charge in [0.25, 0.3) is 10.0 Å². The maximum atomic E-state index is 12.2. The van der Waals surface area contributed by atoms with E-state index in [4.69, 9.17) is 5.73 Å². The molecule has 0 unspecified atom stereocenters. The van der Waals surface area contributed by atoms with Crippen LogP contribution in [0.4, 0.5) is 5.69 Å². The number of sulfonamides is 1. The first-order valence-electron chi connectivity index (χ1n) is 8.08. The van der Waals surface area contributed by atoms with Crippen molar-refractivity contribution in [3.05, 3.63) is 46.8 Å². The Bertz CT molecular complexity index is 868. The van der Waals surface area contributed by atoms with Crippen LogP contribution in [0.2, 0.25) is 0 Å². The van der Waals surface area contributed by atoms with Crippen LogP contribution in [-0.4, -0.2) is 45.5 Å². The maximum absolute atomic E-state index is 12.2. The molecule has 2 aromatic rings. The Morgan fingerprint density at radius 3 is 2.48 bits per heavy atom. The molecule has 1 aromatic carbocycles. The van der Waals surface area contributed by atoms with Crippen molar-refractivity contribution in [1.29, 1.82) is 0 Å². The summed E-state index contributed by atoms with van der Waals surface area (Å²) in [5.74, 6) is 0.0639. The number of anilines is 1. The normalized spacial score (nSPS) is 16.3. The molecule has 0 radical (unpaired) electrons. The van der Waals surface area contributed by atoms with Crippen LogP contribution < -0.4 is 10.6 Å². The van der Waals surface area contributed by atoms with Crippen LogP contribution in [0.25, 0.3) is 0 Å².